The summed E-state index contributed by atoms with van der Waals surface area (Å²) < 4.78 is 9.96. The first-order valence-corrected chi connectivity index (χ1v) is 5.62. The normalized spacial score (nSPS) is 13.1. The third kappa shape index (κ3) is 8.26. The fourth-order valence-corrected chi connectivity index (χ4v) is 1.24. The van der Waals surface area contributed by atoms with Gasteiger partial charge in [0.1, 0.15) is 5.60 Å². The smallest absolute Gasteiger partial charge is 0.306 e. The average Bonchev–Trinajstić information content (AvgIpc) is 1.98. The van der Waals surface area contributed by atoms with Crippen LogP contribution in [0.2, 0.25) is 0 Å². The fourth-order valence-electron chi connectivity index (χ4n) is 1.24. The lowest BCUT2D eigenvalue weighted by Crippen LogP contribution is -2.25. The number of carbonyl (C=O) groups is 2. The summed E-state index contributed by atoms with van der Waals surface area (Å²) in [7, 11) is 0. The van der Waals surface area contributed by atoms with Gasteiger partial charge in [-0.05, 0) is 33.6 Å². The molecule has 0 saturated heterocycles. The summed E-state index contributed by atoms with van der Waals surface area (Å²) in [5.41, 5.74) is -0.471. The maximum atomic E-state index is 11.4. The summed E-state index contributed by atoms with van der Waals surface area (Å²) in [6, 6.07) is 0. The largest absolute Gasteiger partial charge is 0.466 e. The molecule has 0 amide bonds. The summed E-state index contributed by atoms with van der Waals surface area (Å²) >= 11 is 0. The third-order valence-corrected chi connectivity index (χ3v) is 1.76. The summed E-state index contributed by atoms with van der Waals surface area (Å²) in [4.78, 5) is 22.6. The lowest BCUT2D eigenvalue weighted by Gasteiger charge is -2.20. The molecule has 4 nitrogen and oxygen atoms in total. The van der Waals surface area contributed by atoms with E-state index < -0.39 is 5.60 Å². The van der Waals surface area contributed by atoms with Crippen LogP contribution in [0.25, 0.3) is 0 Å². The van der Waals surface area contributed by atoms with Gasteiger partial charge in [-0.3, -0.25) is 9.59 Å². The first-order chi connectivity index (χ1) is 7.24. The maximum absolute atomic E-state index is 11.4. The van der Waals surface area contributed by atoms with E-state index in [0.29, 0.717) is 6.61 Å². The van der Waals surface area contributed by atoms with Gasteiger partial charge < -0.3 is 9.47 Å². The third-order valence-electron chi connectivity index (χ3n) is 1.76. The Morgan fingerprint density at radius 2 is 1.62 bits per heavy atom. The molecular formula is C12H22O4. The van der Waals surface area contributed by atoms with Crippen molar-refractivity contribution in [2.24, 2.45) is 5.92 Å². The molecule has 0 rings (SSSR count). The highest BCUT2D eigenvalue weighted by Gasteiger charge is 2.20. The zero-order chi connectivity index (χ0) is 12.8. The van der Waals surface area contributed by atoms with Crippen LogP contribution in [0.1, 0.15) is 47.5 Å². The van der Waals surface area contributed by atoms with E-state index in [2.05, 4.69) is 0 Å². The molecule has 0 N–H and O–H groups in total. The second-order valence-electron chi connectivity index (χ2n) is 4.90. The molecular weight excluding hydrogens is 208 g/mol. The van der Waals surface area contributed by atoms with E-state index in [9.17, 15) is 9.59 Å². The Morgan fingerprint density at radius 3 is 2.06 bits per heavy atom. The van der Waals surface area contributed by atoms with Gasteiger partial charge in [-0.2, -0.15) is 0 Å². The molecule has 0 radical (unpaired) electrons. The molecule has 0 aliphatic carbocycles. The summed E-state index contributed by atoms with van der Waals surface area (Å²) in [6.45, 7) is 9.43. The predicted molar refractivity (Wildman–Crippen MR) is 60.9 cm³/mol. The van der Waals surface area contributed by atoms with Gasteiger partial charge >= 0.3 is 11.9 Å². The van der Waals surface area contributed by atoms with Crippen LogP contribution < -0.4 is 0 Å². The van der Waals surface area contributed by atoms with Crippen LogP contribution in [0.3, 0.4) is 0 Å². The minimum Gasteiger partial charge on any atom is -0.466 e. The van der Waals surface area contributed by atoms with Crippen LogP contribution in [0, 0.1) is 5.92 Å². The molecule has 16 heavy (non-hydrogen) atoms. The second-order valence-corrected chi connectivity index (χ2v) is 4.90. The summed E-state index contributed by atoms with van der Waals surface area (Å²) in [5, 5.41) is 0. The van der Waals surface area contributed by atoms with Crippen molar-refractivity contribution in [3.63, 3.8) is 0 Å². The van der Waals surface area contributed by atoms with E-state index in [1.54, 1.807) is 6.92 Å². The molecule has 0 aromatic carbocycles. The average molecular weight is 230 g/mol. The van der Waals surface area contributed by atoms with Crippen molar-refractivity contribution in [1.82, 2.24) is 0 Å². The molecule has 94 valence electrons. The predicted octanol–water partition coefficient (Wildman–Crippen LogP) is 2.31. The van der Waals surface area contributed by atoms with E-state index in [4.69, 9.17) is 9.47 Å². The Morgan fingerprint density at radius 1 is 1.12 bits per heavy atom. The van der Waals surface area contributed by atoms with E-state index in [1.807, 2.05) is 27.7 Å². The van der Waals surface area contributed by atoms with Gasteiger partial charge in [0, 0.05) is 12.8 Å². The molecule has 0 aliphatic heterocycles. The minimum atomic E-state index is -0.471. The van der Waals surface area contributed by atoms with Crippen molar-refractivity contribution >= 4 is 11.9 Å². The van der Waals surface area contributed by atoms with Gasteiger partial charge in [0.2, 0.25) is 0 Å². The number of rotatable bonds is 5. The number of hydrogen-bond acceptors (Lipinski definition) is 4. The zero-order valence-electron chi connectivity index (χ0n) is 10.8. The summed E-state index contributed by atoms with van der Waals surface area (Å²) in [5.74, 6) is -0.586. The Bertz CT molecular complexity index is 240. The summed E-state index contributed by atoms with van der Waals surface area (Å²) in [6.07, 6.45) is 0.503. The van der Waals surface area contributed by atoms with Gasteiger partial charge in [-0.1, -0.05) is 6.92 Å². The van der Waals surface area contributed by atoms with Crippen molar-refractivity contribution in [3.05, 3.63) is 0 Å². The number of esters is 2. The van der Waals surface area contributed by atoms with Gasteiger partial charge in [0.05, 0.1) is 6.61 Å². The lowest BCUT2D eigenvalue weighted by molar-refractivity contribution is -0.156. The van der Waals surface area contributed by atoms with Crippen LogP contribution in [-0.4, -0.2) is 24.1 Å². The number of ether oxygens (including phenoxy) is 2. The van der Waals surface area contributed by atoms with Crippen LogP contribution in [0.5, 0.6) is 0 Å². The molecule has 1 atom stereocenters. The Balaban J connectivity index is 3.91. The highest BCUT2D eigenvalue weighted by atomic mass is 16.6. The van der Waals surface area contributed by atoms with Crippen LogP contribution >= 0.6 is 0 Å². The first kappa shape index (κ1) is 14.9. The minimum absolute atomic E-state index is 0.0473. The van der Waals surface area contributed by atoms with Crippen LogP contribution in [0.15, 0.2) is 0 Å². The monoisotopic (exact) mass is 230 g/mol. The lowest BCUT2D eigenvalue weighted by atomic mass is 10.0. The number of carbonyl (C=O) groups excluding carboxylic acids is 2. The maximum Gasteiger partial charge on any atom is 0.306 e. The molecule has 0 aliphatic rings. The van der Waals surface area contributed by atoms with E-state index >= 15 is 0 Å². The first-order valence-electron chi connectivity index (χ1n) is 5.62. The van der Waals surface area contributed by atoms with Crippen molar-refractivity contribution in [2.45, 2.75) is 53.1 Å². The van der Waals surface area contributed by atoms with Crippen molar-refractivity contribution in [2.75, 3.05) is 6.61 Å². The molecule has 1 unspecified atom stereocenters. The van der Waals surface area contributed by atoms with Gasteiger partial charge in [0.15, 0.2) is 0 Å². The van der Waals surface area contributed by atoms with E-state index in [0.717, 1.165) is 0 Å². The van der Waals surface area contributed by atoms with Crippen molar-refractivity contribution in [3.8, 4) is 0 Å². The van der Waals surface area contributed by atoms with Crippen LogP contribution in [-0.2, 0) is 19.1 Å². The van der Waals surface area contributed by atoms with Crippen molar-refractivity contribution in [1.29, 1.82) is 0 Å². The molecule has 0 aromatic rings. The molecule has 0 heterocycles. The molecule has 0 bridgehead atoms. The number of hydrogen-bond donors (Lipinski definition) is 0. The van der Waals surface area contributed by atoms with Crippen molar-refractivity contribution < 1.29 is 19.1 Å². The van der Waals surface area contributed by atoms with E-state index in [1.165, 1.54) is 0 Å². The molecule has 0 fully saturated rings. The van der Waals surface area contributed by atoms with Gasteiger partial charge in [0.25, 0.3) is 0 Å². The highest BCUT2D eigenvalue weighted by Crippen LogP contribution is 2.14. The SMILES string of the molecule is CCOC(=O)CC(C)CC(=O)OC(C)(C)C. The molecule has 0 saturated carbocycles. The van der Waals surface area contributed by atoms with Crippen LogP contribution in [0.4, 0.5) is 0 Å². The van der Waals surface area contributed by atoms with Gasteiger partial charge in [-0.25, -0.2) is 0 Å². The topological polar surface area (TPSA) is 52.6 Å². The second kappa shape index (κ2) is 6.51. The fraction of sp³-hybridized carbons (Fsp3) is 0.833. The quantitative estimate of drug-likeness (QED) is 0.680. The molecule has 4 heteroatoms. The Hall–Kier alpha value is -1.06. The Labute approximate surface area is 97.3 Å². The standard InChI is InChI=1S/C12H22O4/c1-6-15-10(13)7-9(2)8-11(14)16-12(3,4)5/h9H,6-8H2,1-5H3. The zero-order valence-corrected chi connectivity index (χ0v) is 10.8. The highest BCUT2D eigenvalue weighted by molar-refractivity contribution is 5.73. The molecule has 0 aromatic heterocycles. The Kier molecular flexibility index (Phi) is 6.08. The molecule has 0 spiro atoms. The van der Waals surface area contributed by atoms with E-state index in [-0.39, 0.29) is 30.7 Å². The van der Waals surface area contributed by atoms with Gasteiger partial charge in [-0.15, -0.1) is 0 Å².